The van der Waals surface area contributed by atoms with Crippen LogP contribution in [0.4, 0.5) is 5.69 Å². The summed E-state index contributed by atoms with van der Waals surface area (Å²) in [5.41, 5.74) is 0.682. The molecule has 1 aromatic rings. The summed E-state index contributed by atoms with van der Waals surface area (Å²) in [7, 11) is 1.60. The zero-order chi connectivity index (χ0) is 12.0. The highest BCUT2D eigenvalue weighted by Gasteiger charge is 2.00. The lowest BCUT2D eigenvalue weighted by atomic mass is 10.3. The average Bonchev–Trinajstić information content (AvgIpc) is 2.26. The van der Waals surface area contributed by atoms with Crippen LogP contribution in [-0.4, -0.2) is 25.4 Å². The molecular formula is C12H15NO3. The van der Waals surface area contributed by atoms with Gasteiger partial charge in [-0.1, -0.05) is 0 Å². The Morgan fingerprint density at radius 3 is 2.44 bits per heavy atom. The van der Waals surface area contributed by atoms with Crippen LogP contribution >= 0.6 is 0 Å². The van der Waals surface area contributed by atoms with Crippen LogP contribution < -0.4 is 4.74 Å². The van der Waals surface area contributed by atoms with Gasteiger partial charge < -0.3 is 9.47 Å². The summed E-state index contributed by atoms with van der Waals surface area (Å²) in [5.74, 6) is 0.314. The van der Waals surface area contributed by atoms with Gasteiger partial charge in [0.05, 0.1) is 18.9 Å². The van der Waals surface area contributed by atoms with E-state index in [1.807, 2.05) is 0 Å². The van der Waals surface area contributed by atoms with E-state index in [1.54, 1.807) is 45.2 Å². The molecule has 0 amide bonds. The van der Waals surface area contributed by atoms with Crippen molar-refractivity contribution in [2.75, 3.05) is 7.11 Å². The fourth-order valence-electron chi connectivity index (χ4n) is 1.06. The van der Waals surface area contributed by atoms with Gasteiger partial charge in [-0.05, 0) is 38.1 Å². The second kappa shape index (κ2) is 5.90. The third kappa shape index (κ3) is 4.13. The van der Waals surface area contributed by atoms with E-state index in [-0.39, 0.29) is 6.10 Å². The minimum absolute atomic E-state index is 0.130. The fourth-order valence-corrected chi connectivity index (χ4v) is 1.06. The Morgan fingerprint density at radius 1 is 1.31 bits per heavy atom. The highest BCUT2D eigenvalue weighted by atomic mass is 16.5. The summed E-state index contributed by atoms with van der Waals surface area (Å²) in [6.45, 7) is 3.58. The SMILES string of the molecule is COc1ccc(N=CC(=O)OC(C)C)cc1. The summed E-state index contributed by atoms with van der Waals surface area (Å²) in [6, 6.07) is 7.08. The predicted octanol–water partition coefficient (Wildman–Crippen LogP) is 2.35. The van der Waals surface area contributed by atoms with Crippen molar-refractivity contribution in [1.82, 2.24) is 0 Å². The van der Waals surface area contributed by atoms with Crippen LogP contribution in [0.1, 0.15) is 13.8 Å². The molecule has 0 saturated carbocycles. The molecule has 4 heteroatoms. The normalized spacial score (nSPS) is 10.8. The number of esters is 1. The lowest BCUT2D eigenvalue weighted by molar-refractivity contribution is -0.138. The maximum Gasteiger partial charge on any atom is 0.349 e. The molecule has 0 spiro atoms. The number of methoxy groups -OCH3 is 1. The van der Waals surface area contributed by atoms with Gasteiger partial charge in [-0.25, -0.2) is 9.79 Å². The first kappa shape index (κ1) is 12.2. The molecule has 0 bridgehead atoms. The fraction of sp³-hybridized carbons (Fsp3) is 0.333. The van der Waals surface area contributed by atoms with Crippen molar-refractivity contribution in [1.29, 1.82) is 0 Å². The molecule has 0 atom stereocenters. The van der Waals surface area contributed by atoms with E-state index in [4.69, 9.17) is 9.47 Å². The topological polar surface area (TPSA) is 47.9 Å². The number of aliphatic imine (C=N–C) groups is 1. The molecule has 0 saturated heterocycles. The van der Waals surface area contributed by atoms with E-state index in [0.29, 0.717) is 5.69 Å². The van der Waals surface area contributed by atoms with Gasteiger partial charge in [-0.2, -0.15) is 0 Å². The molecule has 1 aromatic carbocycles. The maximum atomic E-state index is 11.2. The third-order valence-corrected chi connectivity index (χ3v) is 1.74. The van der Waals surface area contributed by atoms with Gasteiger partial charge >= 0.3 is 5.97 Å². The third-order valence-electron chi connectivity index (χ3n) is 1.74. The molecule has 16 heavy (non-hydrogen) atoms. The Morgan fingerprint density at radius 2 is 1.94 bits per heavy atom. The molecule has 4 nitrogen and oxygen atoms in total. The summed E-state index contributed by atoms with van der Waals surface area (Å²) >= 11 is 0. The van der Waals surface area contributed by atoms with Crippen LogP contribution in [0.15, 0.2) is 29.3 Å². The molecular weight excluding hydrogens is 206 g/mol. The van der Waals surface area contributed by atoms with Crippen molar-refractivity contribution >= 4 is 17.9 Å². The predicted molar refractivity (Wildman–Crippen MR) is 62.4 cm³/mol. The monoisotopic (exact) mass is 221 g/mol. The lowest BCUT2D eigenvalue weighted by Crippen LogP contribution is -2.11. The van der Waals surface area contributed by atoms with Crippen LogP contribution in [-0.2, 0) is 9.53 Å². The van der Waals surface area contributed by atoms with E-state index in [9.17, 15) is 4.79 Å². The quantitative estimate of drug-likeness (QED) is 0.579. The van der Waals surface area contributed by atoms with Crippen molar-refractivity contribution in [2.24, 2.45) is 4.99 Å². The first-order valence-electron chi connectivity index (χ1n) is 5.00. The number of ether oxygens (including phenoxy) is 2. The largest absolute Gasteiger partial charge is 0.497 e. The van der Waals surface area contributed by atoms with Gasteiger partial charge in [-0.15, -0.1) is 0 Å². The minimum atomic E-state index is -0.439. The summed E-state index contributed by atoms with van der Waals surface area (Å²) < 4.78 is 9.91. The van der Waals surface area contributed by atoms with Crippen molar-refractivity contribution in [3.05, 3.63) is 24.3 Å². The number of hydrogen-bond donors (Lipinski definition) is 0. The van der Waals surface area contributed by atoms with Gasteiger partial charge in [0.1, 0.15) is 12.0 Å². The van der Waals surface area contributed by atoms with E-state index in [2.05, 4.69) is 4.99 Å². The van der Waals surface area contributed by atoms with Crippen LogP contribution in [0.25, 0.3) is 0 Å². The summed E-state index contributed by atoms with van der Waals surface area (Å²) in [6.07, 6.45) is 1.04. The Labute approximate surface area is 94.9 Å². The highest BCUT2D eigenvalue weighted by molar-refractivity contribution is 6.23. The second-order valence-electron chi connectivity index (χ2n) is 3.44. The van der Waals surface area contributed by atoms with Crippen LogP contribution in [0.2, 0.25) is 0 Å². The van der Waals surface area contributed by atoms with Gasteiger partial charge in [0.25, 0.3) is 0 Å². The lowest BCUT2D eigenvalue weighted by Gasteiger charge is -2.03. The van der Waals surface area contributed by atoms with Crippen molar-refractivity contribution < 1.29 is 14.3 Å². The molecule has 0 aliphatic carbocycles. The van der Waals surface area contributed by atoms with Crippen LogP contribution in [0, 0.1) is 0 Å². The van der Waals surface area contributed by atoms with E-state index >= 15 is 0 Å². The molecule has 0 aliphatic rings. The molecule has 0 fully saturated rings. The summed E-state index contributed by atoms with van der Waals surface area (Å²) in [4.78, 5) is 15.1. The molecule has 0 unspecified atom stereocenters. The Balaban J connectivity index is 2.58. The van der Waals surface area contributed by atoms with Gasteiger partial charge in [-0.3, -0.25) is 0 Å². The van der Waals surface area contributed by atoms with E-state index in [0.717, 1.165) is 5.75 Å². The average molecular weight is 221 g/mol. The molecule has 0 N–H and O–H groups in total. The highest BCUT2D eigenvalue weighted by Crippen LogP contribution is 2.16. The molecule has 0 aromatic heterocycles. The second-order valence-corrected chi connectivity index (χ2v) is 3.44. The molecule has 0 heterocycles. The van der Waals surface area contributed by atoms with E-state index in [1.165, 1.54) is 6.21 Å². The van der Waals surface area contributed by atoms with Crippen molar-refractivity contribution in [2.45, 2.75) is 20.0 Å². The van der Waals surface area contributed by atoms with Crippen molar-refractivity contribution in [3.63, 3.8) is 0 Å². The number of carbonyl (C=O) groups is 1. The first-order chi connectivity index (χ1) is 7.61. The zero-order valence-electron chi connectivity index (χ0n) is 9.64. The number of benzene rings is 1. The number of carbonyl (C=O) groups excluding carboxylic acids is 1. The van der Waals surface area contributed by atoms with Crippen molar-refractivity contribution in [3.8, 4) is 5.75 Å². The minimum Gasteiger partial charge on any atom is -0.497 e. The van der Waals surface area contributed by atoms with Gasteiger partial charge in [0, 0.05) is 0 Å². The van der Waals surface area contributed by atoms with Crippen LogP contribution in [0.3, 0.4) is 0 Å². The maximum absolute atomic E-state index is 11.2. The number of rotatable bonds is 4. The Kier molecular flexibility index (Phi) is 4.51. The zero-order valence-corrected chi connectivity index (χ0v) is 9.64. The summed E-state index contributed by atoms with van der Waals surface area (Å²) in [5, 5.41) is 0. The Bertz CT molecular complexity index is 368. The van der Waals surface area contributed by atoms with E-state index < -0.39 is 5.97 Å². The number of hydrogen-bond acceptors (Lipinski definition) is 4. The number of nitrogens with zero attached hydrogens (tertiary/aromatic N) is 1. The molecule has 0 radical (unpaired) electrons. The van der Waals surface area contributed by atoms with Gasteiger partial charge in [0.15, 0.2) is 0 Å². The molecule has 86 valence electrons. The molecule has 0 aliphatic heterocycles. The Hall–Kier alpha value is -1.84. The molecule has 1 rings (SSSR count). The smallest absolute Gasteiger partial charge is 0.349 e. The first-order valence-corrected chi connectivity index (χ1v) is 5.00. The van der Waals surface area contributed by atoms with Gasteiger partial charge in [0.2, 0.25) is 0 Å². The van der Waals surface area contributed by atoms with Crippen LogP contribution in [0.5, 0.6) is 5.75 Å². The standard InChI is InChI=1S/C12H15NO3/c1-9(2)16-12(14)8-13-10-4-6-11(15-3)7-5-10/h4-9H,1-3H3.